The van der Waals surface area contributed by atoms with E-state index in [-0.39, 0.29) is 5.75 Å². The molecule has 0 saturated carbocycles. The van der Waals surface area contributed by atoms with E-state index in [1.54, 1.807) is 12.1 Å². The lowest BCUT2D eigenvalue weighted by Gasteiger charge is -2.13. The van der Waals surface area contributed by atoms with Crippen molar-refractivity contribution in [2.75, 3.05) is 0 Å². The molecule has 32 heavy (non-hydrogen) atoms. The number of aromatic hydroxyl groups is 1. The van der Waals surface area contributed by atoms with Crippen molar-refractivity contribution in [2.24, 2.45) is 0 Å². The first-order valence-electron chi connectivity index (χ1n) is 10.5. The number of rotatable bonds is 4. The zero-order chi connectivity index (χ0) is 21.9. The SMILES string of the molecule is Oc1ccc(-[n+]2c(-c3ccccc3)cc(-c3ccccc3)cc2-c2ccccc2)cc1Cl. The van der Waals surface area contributed by atoms with Crippen molar-refractivity contribution in [3.8, 4) is 45.1 Å². The molecule has 0 aliphatic rings. The van der Waals surface area contributed by atoms with Crippen molar-refractivity contribution in [3.63, 3.8) is 0 Å². The number of halogens is 1. The van der Waals surface area contributed by atoms with E-state index < -0.39 is 0 Å². The van der Waals surface area contributed by atoms with Crippen molar-refractivity contribution in [1.29, 1.82) is 0 Å². The summed E-state index contributed by atoms with van der Waals surface area (Å²) < 4.78 is 2.20. The highest BCUT2D eigenvalue weighted by Crippen LogP contribution is 2.32. The molecule has 0 amide bonds. The van der Waals surface area contributed by atoms with Crippen molar-refractivity contribution in [3.05, 3.63) is 126 Å². The number of benzene rings is 4. The van der Waals surface area contributed by atoms with Crippen LogP contribution in [-0.2, 0) is 0 Å². The lowest BCUT2D eigenvalue weighted by atomic mass is 9.98. The molecule has 1 aromatic heterocycles. The fraction of sp³-hybridized carbons (Fsp3) is 0. The Labute approximate surface area is 192 Å². The fourth-order valence-corrected chi connectivity index (χ4v) is 4.12. The minimum atomic E-state index is 0.0689. The molecule has 0 radical (unpaired) electrons. The van der Waals surface area contributed by atoms with Gasteiger partial charge in [-0.3, -0.25) is 0 Å². The van der Waals surface area contributed by atoms with Gasteiger partial charge in [0.2, 0.25) is 17.1 Å². The molecule has 0 aliphatic heterocycles. The van der Waals surface area contributed by atoms with E-state index in [9.17, 15) is 5.11 Å². The Morgan fingerprint density at radius 3 is 1.44 bits per heavy atom. The molecular weight excluding hydrogens is 414 g/mol. The topological polar surface area (TPSA) is 24.1 Å². The number of hydrogen-bond donors (Lipinski definition) is 1. The van der Waals surface area contributed by atoms with Gasteiger partial charge in [0, 0.05) is 35.4 Å². The molecule has 2 nitrogen and oxygen atoms in total. The van der Waals surface area contributed by atoms with Crippen LogP contribution in [0.1, 0.15) is 0 Å². The second kappa shape index (κ2) is 8.70. The molecule has 1 N–H and O–H groups in total. The van der Waals surface area contributed by atoms with Gasteiger partial charge in [-0.15, -0.1) is 0 Å². The molecule has 0 fully saturated rings. The van der Waals surface area contributed by atoms with Crippen molar-refractivity contribution in [2.45, 2.75) is 0 Å². The van der Waals surface area contributed by atoms with Crippen molar-refractivity contribution < 1.29 is 9.67 Å². The van der Waals surface area contributed by atoms with Gasteiger partial charge < -0.3 is 5.11 Å². The van der Waals surface area contributed by atoms with Crippen LogP contribution in [0.15, 0.2) is 121 Å². The summed E-state index contributed by atoms with van der Waals surface area (Å²) in [6.07, 6.45) is 0. The quantitative estimate of drug-likeness (QED) is 0.294. The summed E-state index contributed by atoms with van der Waals surface area (Å²) in [6, 6.07) is 40.8. The smallest absolute Gasteiger partial charge is 0.219 e. The molecule has 4 aromatic carbocycles. The summed E-state index contributed by atoms with van der Waals surface area (Å²) >= 11 is 6.32. The van der Waals surface area contributed by atoms with Gasteiger partial charge in [0.15, 0.2) is 0 Å². The molecule has 0 aliphatic carbocycles. The summed E-state index contributed by atoms with van der Waals surface area (Å²) in [4.78, 5) is 0. The van der Waals surface area contributed by atoms with Crippen LogP contribution in [-0.4, -0.2) is 5.11 Å². The number of aromatic nitrogens is 1. The van der Waals surface area contributed by atoms with Gasteiger partial charge in [-0.05, 0) is 41.5 Å². The van der Waals surface area contributed by atoms with E-state index in [0.717, 1.165) is 39.3 Å². The average Bonchev–Trinajstić information content (AvgIpc) is 2.86. The van der Waals surface area contributed by atoms with Crippen LogP contribution in [0.25, 0.3) is 39.3 Å². The first-order chi connectivity index (χ1) is 15.7. The zero-order valence-electron chi connectivity index (χ0n) is 17.3. The monoisotopic (exact) mass is 434 g/mol. The van der Waals surface area contributed by atoms with Gasteiger partial charge in [-0.2, -0.15) is 4.57 Å². The van der Waals surface area contributed by atoms with Crippen LogP contribution in [0.4, 0.5) is 0 Å². The molecule has 0 spiro atoms. The number of hydrogen-bond acceptors (Lipinski definition) is 1. The van der Waals surface area contributed by atoms with E-state index in [1.165, 1.54) is 0 Å². The lowest BCUT2D eigenvalue weighted by Crippen LogP contribution is -2.36. The second-order valence-corrected chi connectivity index (χ2v) is 7.99. The predicted octanol–water partition coefficient (Wildman–Crippen LogP) is 7.32. The summed E-state index contributed by atoms with van der Waals surface area (Å²) in [5, 5.41) is 10.3. The van der Waals surface area contributed by atoms with Crippen LogP contribution in [0.3, 0.4) is 0 Å². The van der Waals surface area contributed by atoms with Gasteiger partial charge in [0.05, 0.1) is 5.02 Å². The Kier molecular flexibility index (Phi) is 5.45. The maximum Gasteiger partial charge on any atom is 0.219 e. The Morgan fingerprint density at radius 2 is 0.969 bits per heavy atom. The first-order valence-corrected chi connectivity index (χ1v) is 10.8. The average molecular weight is 435 g/mol. The Bertz CT molecular complexity index is 1310. The predicted molar refractivity (Wildman–Crippen MR) is 131 cm³/mol. The van der Waals surface area contributed by atoms with E-state index in [1.807, 2.05) is 48.5 Å². The van der Waals surface area contributed by atoms with E-state index in [0.29, 0.717) is 5.02 Å². The van der Waals surface area contributed by atoms with Gasteiger partial charge in [0.1, 0.15) is 5.75 Å². The molecular formula is C29H21ClNO+. The van der Waals surface area contributed by atoms with Gasteiger partial charge >= 0.3 is 0 Å². The van der Waals surface area contributed by atoms with E-state index >= 15 is 0 Å². The number of pyridine rings is 1. The number of nitrogens with zero attached hydrogens (tertiary/aromatic N) is 1. The molecule has 0 bridgehead atoms. The van der Waals surface area contributed by atoms with Crippen molar-refractivity contribution in [1.82, 2.24) is 0 Å². The normalized spacial score (nSPS) is 10.8. The molecule has 154 valence electrons. The minimum Gasteiger partial charge on any atom is -0.506 e. The molecule has 3 heteroatoms. The molecule has 5 aromatic rings. The van der Waals surface area contributed by atoms with Gasteiger partial charge in [-0.1, -0.05) is 78.3 Å². The molecule has 0 atom stereocenters. The van der Waals surface area contributed by atoms with Crippen molar-refractivity contribution >= 4 is 11.6 Å². The summed E-state index contributed by atoms with van der Waals surface area (Å²) in [5.41, 5.74) is 7.41. The standard InChI is InChI=1S/C29H20ClNO/c30-26-20-25(16-17-29(26)32)31-27(22-12-6-2-7-13-22)18-24(21-10-4-1-5-11-21)19-28(31)23-14-8-3-9-15-23/h1-20H/p+1. The van der Waals surface area contributed by atoms with Crippen LogP contribution < -0.4 is 4.57 Å². The van der Waals surface area contributed by atoms with Crippen LogP contribution in [0.2, 0.25) is 5.02 Å². The van der Waals surface area contributed by atoms with E-state index in [4.69, 9.17) is 11.6 Å². The maximum atomic E-state index is 10.0. The third-order valence-electron chi connectivity index (χ3n) is 5.50. The van der Waals surface area contributed by atoms with Crippen LogP contribution in [0.5, 0.6) is 5.75 Å². The highest BCUT2D eigenvalue weighted by molar-refractivity contribution is 6.32. The van der Waals surface area contributed by atoms with Crippen LogP contribution >= 0.6 is 11.6 Å². The van der Waals surface area contributed by atoms with Crippen LogP contribution in [0, 0.1) is 0 Å². The lowest BCUT2D eigenvalue weighted by molar-refractivity contribution is -0.572. The number of phenols is 1. The first kappa shape index (κ1) is 20.0. The molecule has 5 rings (SSSR count). The second-order valence-electron chi connectivity index (χ2n) is 7.58. The largest absolute Gasteiger partial charge is 0.506 e. The Hall–Kier alpha value is -3.88. The minimum absolute atomic E-state index is 0.0689. The van der Waals surface area contributed by atoms with E-state index in [2.05, 4.69) is 65.2 Å². The Morgan fingerprint density at radius 1 is 0.500 bits per heavy atom. The Balaban J connectivity index is 1.88. The highest BCUT2D eigenvalue weighted by Gasteiger charge is 2.25. The zero-order valence-corrected chi connectivity index (χ0v) is 18.1. The maximum absolute atomic E-state index is 10.0. The third-order valence-corrected chi connectivity index (χ3v) is 5.80. The molecule has 1 heterocycles. The fourth-order valence-electron chi connectivity index (χ4n) is 3.95. The third kappa shape index (κ3) is 3.89. The summed E-state index contributed by atoms with van der Waals surface area (Å²) in [7, 11) is 0. The van der Waals surface area contributed by atoms with Gasteiger partial charge in [-0.25, -0.2) is 0 Å². The molecule has 0 saturated heterocycles. The summed E-state index contributed by atoms with van der Waals surface area (Å²) in [6.45, 7) is 0. The summed E-state index contributed by atoms with van der Waals surface area (Å²) in [5.74, 6) is 0.0689. The number of phenolic OH excluding ortho intramolecular Hbond substituents is 1. The highest BCUT2D eigenvalue weighted by atomic mass is 35.5. The van der Waals surface area contributed by atoms with Gasteiger partial charge in [0.25, 0.3) is 0 Å². The molecule has 0 unspecified atom stereocenters.